The molecular formula is C12H30BO7P. The summed E-state index contributed by atoms with van der Waals surface area (Å²) in [5.74, 6) is 1.32. The van der Waals surface area contributed by atoms with Gasteiger partial charge in [0.2, 0.25) is 0 Å². The van der Waals surface area contributed by atoms with Gasteiger partial charge in [-0.05, 0) is 0 Å². The standard InChI is InChI=1S/C12H27O7P.BH3/c1-4-20(13,18-11-9-16-7-5-14-2)19-12-10-17-8-6-15-3;/h4,13,20H,1,5-12H2,2-3H3;1H3. The molecule has 0 fully saturated rings. The molecule has 0 heterocycles. The van der Waals surface area contributed by atoms with E-state index in [1.165, 1.54) is 5.82 Å². The van der Waals surface area contributed by atoms with Gasteiger partial charge in [-0.2, -0.15) is 0 Å². The number of hydrogen-bond acceptors (Lipinski definition) is 7. The van der Waals surface area contributed by atoms with E-state index < -0.39 is 7.94 Å². The van der Waals surface area contributed by atoms with Crippen molar-refractivity contribution in [1.82, 2.24) is 0 Å². The second kappa shape index (κ2) is 16.3. The summed E-state index contributed by atoms with van der Waals surface area (Å²) in [7, 11) is -0.113. The van der Waals surface area contributed by atoms with Gasteiger partial charge in [-0.15, -0.1) is 0 Å². The summed E-state index contributed by atoms with van der Waals surface area (Å²) in [6.07, 6.45) is 0. The molecule has 0 aromatic rings. The van der Waals surface area contributed by atoms with Crippen LogP contribution in [0, 0.1) is 0 Å². The normalized spacial score (nSPS) is 12.0. The molecule has 21 heavy (non-hydrogen) atoms. The van der Waals surface area contributed by atoms with Crippen LogP contribution in [0.1, 0.15) is 0 Å². The second-order valence-electron chi connectivity index (χ2n) is 3.74. The summed E-state index contributed by atoms with van der Waals surface area (Å²) < 4.78 is 30.7. The van der Waals surface area contributed by atoms with Gasteiger partial charge in [-0.25, -0.2) is 0 Å². The first-order valence-corrected chi connectivity index (χ1v) is 8.30. The molecule has 0 amide bonds. The third-order valence-electron chi connectivity index (χ3n) is 2.19. The van der Waals surface area contributed by atoms with Crippen molar-refractivity contribution in [2.75, 3.05) is 67.1 Å². The Morgan fingerprint density at radius 3 is 1.52 bits per heavy atom. The van der Waals surface area contributed by atoms with Crippen molar-refractivity contribution in [3.63, 3.8) is 0 Å². The second-order valence-corrected chi connectivity index (χ2v) is 5.99. The maximum atomic E-state index is 10.0. The van der Waals surface area contributed by atoms with Crippen LogP contribution in [0.5, 0.6) is 0 Å². The third-order valence-corrected chi connectivity index (χ3v) is 3.95. The molecule has 7 nitrogen and oxygen atoms in total. The topological polar surface area (TPSA) is 75.6 Å². The maximum absolute atomic E-state index is 10.0. The SMILES string of the molecule is B.C=C[PH](O)(OCCOCCOC)OCCOCCOC. The summed E-state index contributed by atoms with van der Waals surface area (Å²) in [5.41, 5.74) is 0. The Bertz CT molecular complexity index is 218. The average molecular weight is 328 g/mol. The van der Waals surface area contributed by atoms with Gasteiger partial charge in [0.25, 0.3) is 0 Å². The predicted molar refractivity (Wildman–Crippen MR) is 88.0 cm³/mol. The van der Waals surface area contributed by atoms with Gasteiger partial charge < -0.3 is 0 Å². The number of hydrogen-bond donors (Lipinski definition) is 1. The van der Waals surface area contributed by atoms with E-state index in [4.69, 9.17) is 28.0 Å². The molecule has 0 saturated heterocycles. The van der Waals surface area contributed by atoms with E-state index in [0.717, 1.165) is 0 Å². The molecule has 0 bridgehead atoms. The van der Waals surface area contributed by atoms with Gasteiger partial charge in [0.05, 0.1) is 8.41 Å². The molecule has 0 aromatic heterocycles. The Labute approximate surface area is 129 Å². The molecule has 128 valence electrons. The summed E-state index contributed by atoms with van der Waals surface area (Å²) in [5, 5.41) is 0. The van der Waals surface area contributed by atoms with Crippen molar-refractivity contribution < 1.29 is 32.9 Å². The zero-order valence-corrected chi connectivity index (χ0v) is 13.3. The van der Waals surface area contributed by atoms with Crippen LogP contribution in [0.15, 0.2) is 12.4 Å². The van der Waals surface area contributed by atoms with Gasteiger partial charge in [0, 0.05) is 0 Å². The molecule has 0 aliphatic carbocycles. The van der Waals surface area contributed by atoms with Crippen LogP contribution in [0.25, 0.3) is 0 Å². The van der Waals surface area contributed by atoms with Crippen LogP contribution in [-0.2, 0) is 28.0 Å². The van der Waals surface area contributed by atoms with Crippen molar-refractivity contribution >= 4 is 16.4 Å². The minimum atomic E-state index is -3.32. The fourth-order valence-electron chi connectivity index (χ4n) is 1.14. The van der Waals surface area contributed by atoms with E-state index in [0.29, 0.717) is 39.6 Å². The van der Waals surface area contributed by atoms with Gasteiger partial charge in [0.15, 0.2) is 0 Å². The van der Waals surface area contributed by atoms with Crippen LogP contribution in [0.2, 0.25) is 0 Å². The van der Waals surface area contributed by atoms with E-state index in [9.17, 15) is 4.89 Å². The average Bonchev–Trinajstić information content (AvgIpc) is 2.46. The summed E-state index contributed by atoms with van der Waals surface area (Å²) in [6.45, 7) is 6.76. The van der Waals surface area contributed by atoms with Crippen molar-refractivity contribution in [3.05, 3.63) is 12.4 Å². The molecule has 0 saturated carbocycles. The summed E-state index contributed by atoms with van der Waals surface area (Å²) in [4.78, 5) is 10.0. The fourth-order valence-corrected chi connectivity index (χ4v) is 2.21. The predicted octanol–water partition coefficient (Wildman–Crippen LogP) is -0.208. The van der Waals surface area contributed by atoms with Crippen LogP contribution in [-0.4, -0.2) is 80.4 Å². The number of rotatable bonds is 15. The molecule has 0 rings (SSSR count). The van der Waals surface area contributed by atoms with Crippen LogP contribution in [0.4, 0.5) is 0 Å². The zero-order chi connectivity index (χ0) is 15.1. The van der Waals surface area contributed by atoms with Crippen molar-refractivity contribution in [2.24, 2.45) is 0 Å². The molecule has 0 radical (unpaired) electrons. The molecule has 0 aromatic carbocycles. The Balaban J connectivity index is 0. The van der Waals surface area contributed by atoms with Crippen molar-refractivity contribution in [1.29, 1.82) is 0 Å². The first kappa shape index (κ1) is 23.2. The van der Waals surface area contributed by atoms with Gasteiger partial charge in [-0.1, -0.05) is 0 Å². The summed E-state index contributed by atoms with van der Waals surface area (Å²) >= 11 is 0. The Kier molecular flexibility index (Phi) is 18.1. The van der Waals surface area contributed by atoms with Gasteiger partial charge >= 0.3 is 120 Å². The van der Waals surface area contributed by atoms with Gasteiger partial charge in [0.1, 0.15) is 0 Å². The van der Waals surface area contributed by atoms with Crippen molar-refractivity contribution in [3.8, 4) is 0 Å². The Hall–Kier alpha value is -0.0451. The molecule has 1 N–H and O–H groups in total. The monoisotopic (exact) mass is 328 g/mol. The molecule has 9 heteroatoms. The molecule has 0 aliphatic rings. The molecule has 0 unspecified atom stereocenters. The fraction of sp³-hybridized carbons (Fsp3) is 0.833. The van der Waals surface area contributed by atoms with E-state index >= 15 is 0 Å². The third kappa shape index (κ3) is 14.7. The van der Waals surface area contributed by atoms with E-state index in [1.807, 2.05) is 0 Å². The minimum absolute atomic E-state index is 0. The summed E-state index contributed by atoms with van der Waals surface area (Å²) in [6, 6.07) is 0. The van der Waals surface area contributed by atoms with E-state index in [2.05, 4.69) is 6.58 Å². The first-order valence-electron chi connectivity index (χ1n) is 6.45. The Morgan fingerprint density at radius 2 is 1.19 bits per heavy atom. The first-order chi connectivity index (χ1) is 9.68. The van der Waals surface area contributed by atoms with Crippen LogP contribution < -0.4 is 0 Å². The molecule has 0 spiro atoms. The van der Waals surface area contributed by atoms with Crippen LogP contribution >= 0.6 is 7.94 Å². The van der Waals surface area contributed by atoms with Crippen molar-refractivity contribution in [2.45, 2.75) is 0 Å². The van der Waals surface area contributed by atoms with Gasteiger partial charge in [-0.3, -0.25) is 0 Å². The van der Waals surface area contributed by atoms with E-state index in [-0.39, 0.29) is 21.6 Å². The zero-order valence-electron chi connectivity index (χ0n) is 12.3. The van der Waals surface area contributed by atoms with E-state index in [1.54, 1.807) is 14.2 Å². The molecule has 0 atom stereocenters. The molecule has 0 aliphatic heterocycles. The quantitative estimate of drug-likeness (QED) is 0.253. The number of ether oxygens (including phenoxy) is 4. The molecular weight excluding hydrogens is 298 g/mol. The Morgan fingerprint density at radius 1 is 0.810 bits per heavy atom. The van der Waals surface area contributed by atoms with Crippen LogP contribution in [0.3, 0.4) is 0 Å². The number of methoxy groups -OCH3 is 2.